The summed E-state index contributed by atoms with van der Waals surface area (Å²) in [7, 11) is -2.81. The number of benzene rings is 2. The zero-order chi connectivity index (χ0) is 21.0. The van der Waals surface area contributed by atoms with Crippen LogP contribution in [0.1, 0.15) is 35.2 Å². The average molecular weight is 424 g/mol. The number of anilines is 1. The highest BCUT2D eigenvalue weighted by Gasteiger charge is 2.32. The first kappa shape index (κ1) is 21.2. The van der Waals surface area contributed by atoms with Crippen molar-refractivity contribution in [2.45, 2.75) is 25.8 Å². The van der Waals surface area contributed by atoms with Crippen molar-refractivity contribution < 1.29 is 26.7 Å². The molecule has 0 bridgehead atoms. The third kappa shape index (κ3) is 4.73. The van der Waals surface area contributed by atoms with E-state index in [1.54, 1.807) is 0 Å². The smallest absolute Gasteiger partial charge is 0.337 e. The number of methoxy groups -OCH3 is 1. The number of hydrogen-bond donors (Lipinski definition) is 0. The van der Waals surface area contributed by atoms with Crippen LogP contribution in [0.15, 0.2) is 42.5 Å². The monoisotopic (exact) mass is 424 g/mol. The number of nitrogens with zero attached hydrogens (tertiary/aromatic N) is 2. The largest absolute Gasteiger partial charge is 0.465 e. The van der Waals surface area contributed by atoms with Crippen LogP contribution in [0.5, 0.6) is 0 Å². The van der Waals surface area contributed by atoms with Gasteiger partial charge in [-0.3, -0.25) is 4.31 Å². The van der Waals surface area contributed by atoms with Crippen molar-refractivity contribution in [2.75, 3.05) is 24.5 Å². The van der Waals surface area contributed by atoms with Gasteiger partial charge in [-0.15, -0.1) is 0 Å². The lowest BCUT2D eigenvalue weighted by Crippen LogP contribution is -2.46. The molecule has 2 aromatic carbocycles. The van der Waals surface area contributed by atoms with E-state index in [0.717, 1.165) is 35.7 Å². The highest BCUT2D eigenvalue weighted by atomic mass is 32.2. The summed E-state index contributed by atoms with van der Waals surface area (Å²) < 4.78 is 61.8. The van der Waals surface area contributed by atoms with Crippen LogP contribution in [0.3, 0.4) is 0 Å². The molecule has 0 unspecified atom stereocenters. The highest BCUT2D eigenvalue weighted by Crippen LogP contribution is 2.27. The molecule has 1 fully saturated rings. The molecule has 3 rings (SSSR count). The van der Waals surface area contributed by atoms with Crippen molar-refractivity contribution in [3.63, 3.8) is 0 Å². The summed E-state index contributed by atoms with van der Waals surface area (Å²) in [6.07, 6.45) is 2.41. The van der Waals surface area contributed by atoms with Gasteiger partial charge in [-0.1, -0.05) is 18.6 Å². The zero-order valence-corrected chi connectivity index (χ0v) is 16.8. The van der Waals surface area contributed by atoms with Crippen LogP contribution >= 0.6 is 0 Å². The third-order valence-corrected chi connectivity index (χ3v) is 6.72. The predicted molar refractivity (Wildman–Crippen MR) is 105 cm³/mol. The maximum Gasteiger partial charge on any atom is 0.337 e. The molecule has 1 aliphatic rings. The SMILES string of the molecule is COC(=O)c1ccc(CN(c2cccc(F)c2)S(=O)(=O)N2CCCCC2)c(F)c1. The fourth-order valence-electron chi connectivity index (χ4n) is 3.25. The number of piperidine rings is 1. The van der Waals surface area contributed by atoms with Gasteiger partial charge in [0, 0.05) is 18.7 Å². The Morgan fingerprint density at radius 3 is 2.45 bits per heavy atom. The van der Waals surface area contributed by atoms with Gasteiger partial charge < -0.3 is 4.74 Å². The van der Waals surface area contributed by atoms with Crippen LogP contribution in [0.4, 0.5) is 14.5 Å². The first-order chi connectivity index (χ1) is 13.8. The molecule has 9 heteroatoms. The molecule has 0 aliphatic carbocycles. The Balaban J connectivity index is 1.99. The van der Waals surface area contributed by atoms with Crippen molar-refractivity contribution in [3.05, 3.63) is 65.2 Å². The van der Waals surface area contributed by atoms with Gasteiger partial charge in [-0.05, 0) is 43.2 Å². The molecule has 1 heterocycles. The van der Waals surface area contributed by atoms with Crippen molar-refractivity contribution in [1.82, 2.24) is 4.31 Å². The molecule has 156 valence electrons. The maximum absolute atomic E-state index is 14.6. The van der Waals surface area contributed by atoms with Crippen LogP contribution in [-0.2, 0) is 21.5 Å². The summed E-state index contributed by atoms with van der Waals surface area (Å²) in [4.78, 5) is 11.6. The molecule has 1 saturated heterocycles. The predicted octanol–water partition coefficient (Wildman–Crippen LogP) is 3.49. The lowest BCUT2D eigenvalue weighted by molar-refractivity contribution is 0.0600. The Hall–Kier alpha value is -2.52. The second-order valence-corrected chi connectivity index (χ2v) is 8.60. The van der Waals surface area contributed by atoms with E-state index in [9.17, 15) is 22.0 Å². The minimum Gasteiger partial charge on any atom is -0.465 e. The van der Waals surface area contributed by atoms with Gasteiger partial charge in [0.25, 0.3) is 0 Å². The van der Waals surface area contributed by atoms with Crippen LogP contribution < -0.4 is 4.31 Å². The van der Waals surface area contributed by atoms with Gasteiger partial charge in [-0.25, -0.2) is 13.6 Å². The van der Waals surface area contributed by atoms with E-state index in [-0.39, 0.29) is 23.4 Å². The third-order valence-electron chi connectivity index (χ3n) is 4.80. The number of ether oxygens (including phenoxy) is 1. The molecule has 6 nitrogen and oxygen atoms in total. The van der Waals surface area contributed by atoms with Gasteiger partial charge in [0.15, 0.2) is 0 Å². The van der Waals surface area contributed by atoms with E-state index in [1.165, 1.54) is 41.7 Å². The number of esters is 1. The molecular formula is C20H22F2N2O4S. The maximum atomic E-state index is 14.6. The van der Waals surface area contributed by atoms with E-state index in [0.29, 0.717) is 13.1 Å². The van der Waals surface area contributed by atoms with Gasteiger partial charge in [0.2, 0.25) is 0 Å². The summed E-state index contributed by atoms with van der Waals surface area (Å²) in [5.41, 5.74) is 0.180. The average Bonchev–Trinajstić information content (AvgIpc) is 2.72. The second kappa shape index (κ2) is 8.87. The topological polar surface area (TPSA) is 66.9 Å². The minimum atomic E-state index is -4.00. The van der Waals surface area contributed by atoms with Crippen molar-refractivity contribution >= 4 is 21.9 Å². The van der Waals surface area contributed by atoms with Crippen LogP contribution in [-0.4, -0.2) is 38.9 Å². The van der Waals surface area contributed by atoms with E-state index < -0.39 is 27.8 Å². The summed E-state index contributed by atoms with van der Waals surface area (Å²) in [5.74, 6) is -2.04. The standard InChI is InChI=1S/C20H22F2N2O4S/c1-28-20(25)15-8-9-16(19(22)12-15)14-24(18-7-5-6-17(21)13-18)29(26,27)23-10-3-2-4-11-23/h5-9,12-13H,2-4,10-11,14H2,1H3. The molecular weight excluding hydrogens is 402 g/mol. The summed E-state index contributed by atoms with van der Waals surface area (Å²) >= 11 is 0. The molecule has 0 aromatic heterocycles. The molecule has 1 aliphatic heterocycles. The molecule has 0 atom stereocenters. The molecule has 2 aromatic rings. The number of hydrogen-bond acceptors (Lipinski definition) is 4. The molecule has 0 spiro atoms. The van der Waals surface area contributed by atoms with Crippen molar-refractivity contribution in [3.8, 4) is 0 Å². The van der Waals surface area contributed by atoms with Crippen LogP contribution in [0.2, 0.25) is 0 Å². The summed E-state index contributed by atoms with van der Waals surface area (Å²) in [5, 5.41) is 0. The van der Waals surface area contributed by atoms with Crippen molar-refractivity contribution in [2.24, 2.45) is 0 Å². The van der Waals surface area contributed by atoms with E-state index in [2.05, 4.69) is 4.74 Å². The molecule has 0 radical (unpaired) electrons. The highest BCUT2D eigenvalue weighted by molar-refractivity contribution is 7.90. The molecule has 0 N–H and O–H groups in total. The molecule has 0 saturated carbocycles. The van der Waals surface area contributed by atoms with Gasteiger partial charge in [-0.2, -0.15) is 12.7 Å². The van der Waals surface area contributed by atoms with E-state index in [1.807, 2.05) is 0 Å². The quantitative estimate of drug-likeness (QED) is 0.666. The molecule has 0 amide bonds. The van der Waals surface area contributed by atoms with E-state index >= 15 is 0 Å². The Labute approximate surface area is 168 Å². The normalized spacial score (nSPS) is 15.1. The fraction of sp³-hybridized carbons (Fsp3) is 0.350. The fourth-order valence-corrected chi connectivity index (χ4v) is 4.93. The Morgan fingerprint density at radius 1 is 1.10 bits per heavy atom. The van der Waals surface area contributed by atoms with Gasteiger partial charge in [0.1, 0.15) is 11.6 Å². The Morgan fingerprint density at radius 2 is 1.83 bits per heavy atom. The summed E-state index contributed by atoms with van der Waals surface area (Å²) in [6.45, 7) is 0.380. The Kier molecular flexibility index (Phi) is 6.49. The first-order valence-corrected chi connectivity index (χ1v) is 10.6. The minimum absolute atomic E-state index is 0.0185. The lowest BCUT2D eigenvalue weighted by Gasteiger charge is -2.33. The Bertz CT molecular complexity index is 992. The van der Waals surface area contributed by atoms with Crippen molar-refractivity contribution in [1.29, 1.82) is 0 Å². The second-order valence-electron chi connectivity index (χ2n) is 6.75. The number of carbonyl (C=O) groups is 1. The number of rotatable bonds is 6. The van der Waals surface area contributed by atoms with E-state index in [4.69, 9.17) is 0 Å². The first-order valence-electron chi connectivity index (χ1n) is 9.23. The zero-order valence-electron chi connectivity index (χ0n) is 16.0. The van der Waals surface area contributed by atoms with Gasteiger partial charge >= 0.3 is 16.2 Å². The lowest BCUT2D eigenvalue weighted by atomic mass is 10.1. The molecule has 29 heavy (non-hydrogen) atoms. The van der Waals surface area contributed by atoms with Crippen LogP contribution in [0.25, 0.3) is 0 Å². The number of carbonyl (C=O) groups excluding carboxylic acids is 1. The van der Waals surface area contributed by atoms with Gasteiger partial charge in [0.05, 0.1) is 24.9 Å². The number of halogens is 2. The summed E-state index contributed by atoms with van der Waals surface area (Å²) in [6, 6.07) is 8.87. The van der Waals surface area contributed by atoms with Crippen LogP contribution in [0, 0.1) is 11.6 Å².